The molecule has 74 heavy (non-hydrogen) atoms. The van der Waals surface area contributed by atoms with E-state index in [1.54, 1.807) is 6.20 Å². The van der Waals surface area contributed by atoms with Crippen LogP contribution in [0.5, 0.6) is 0 Å². The van der Waals surface area contributed by atoms with Gasteiger partial charge in [0.05, 0.1) is 61.6 Å². The van der Waals surface area contributed by atoms with Crippen LogP contribution in [0.3, 0.4) is 0 Å². The number of anilines is 4. The first-order chi connectivity index (χ1) is 36.3. The predicted molar refractivity (Wildman–Crippen MR) is 270 cm³/mol. The Hall–Kier alpha value is -8.88. The number of halogens is 2. The molecule has 2 unspecified atom stereocenters. The summed E-state index contributed by atoms with van der Waals surface area (Å²) in [6, 6.07) is 37.6. The molecule has 2 atom stereocenters. The minimum atomic E-state index is -0.961. The van der Waals surface area contributed by atoms with Crippen molar-refractivity contribution < 1.29 is 36.7 Å². The molecule has 0 bridgehead atoms. The van der Waals surface area contributed by atoms with Gasteiger partial charge in [0.25, 0.3) is 11.8 Å². The molecular weight excluding hydrogens is 951 g/mol. The first-order valence-electron chi connectivity index (χ1n) is 24.0. The van der Waals surface area contributed by atoms with Crippen LogP contribution in [0.4, 0.5) is 32.2 Å². The molecule has 0 radical (unpaired) electrons. The number of fused-ring (bicyclic) bond motifs is 2. The number of nitrogens with zero attached hydrogens (tertiary/aromatic N) is 10. The average Bonchev–Trinajstić information content (AvgIpc) is 4.06. The summed E-state index contributed by atoms with van der Waals surface area (Å²) in [5.74, 6) is -1.31. The minimum absolute atomic E-state index is 0.0227. The molecule has 2 saturated heterocycles. The second-order valence-electron chi connectivity index (χ2n) is 17.5. The van der Waals surface area contributed by atoms with Gasteiger partial charge >= 0.3 is 12.0 Å². The maximum atomic E-state index is 14.9. The van der Waals surface area contributed by atoms with E-state index in [4.69, 9.17) is 28.3 Å². The topological polar surface area (TPSA) is 211 Å². The van der Waals surface area contributed by atoms with Crippen molar-refractivity contribution in [3.8, 4) is 23.2 Å². The number of benzene rings is 4. The Morgan fingerprint density at radius 2 is 1.00 bits per heavy atom. The summed E-state index contributed by atoms with van der Waals surface area (Å²) >= 11 is 0. The third-order valence-electron chi connectivity index (χ3n) is 12.7. The normalized spacial score (nSPS) is 17.6. The number of carbonyl (C=O) groups excluding carboxylic acids is 2. The van der Waals surface area contributed by atoms with Gasteiger partial charge in [0.15, 0.2) is 41.1 Å². The van der Waals surface area contributed by atoms with Crippen LogP contribution in [0, 0.1) is 11.6 Å². The van der Waals surface area contributed by atoms with Gasteiger partial charge in [0.1, 0.15) is 5.82 Å². The molecule has 2 fully saturated rings. The molecule has 12 rings (SSSR count). The zero-order valence-corrected chi connectivity index (χ0v) is 39.6. The number of aromatic nitrogens is 6. The molecule has 8 heterocycles. The van der Waals surface area contributed by atoms with E-state index in [1.807, 2.05) is 119 Å². The maximum Gasteiger partial charge on any atom is 0.317 e. The van der Waals surface area contributed by atoms with Crippen molar-refractivity contribution in [1.29, 1.82) is 0 Å². The number of hydrogen-bond donors (Lipinski definition) is 2. The second kappa shape index (κ2) is 21.5. The van der Waals surface area contributed by atoms with E-state index in [9.17, 15) is 18.4 Å². The number of nitrogens with one attached hydrogen (secondary N) is 2. The lowest BCUT2D eigenvalue weighted by molar-refractivity contribution is -0.119. The summed E-state index contributed by atoms with van der Waals surface area (Å²) in [5.41, 5.74) is 8.25. The minimum Gasteiger partial charge on any atom is -0.402 e. The largest absolute Gasteiger partial charge is 0.402 e. The van der Waals surface area contributed by atoms with Crippen LogP contribution in [0.25, 0.3) is 23.2 Å². The first-order valence-corrected chi connectivity index (χ1v) is 24.0. The van der Waals surface area contributed by atoms with Crippen molar-refractivity contribution in [2.45, 2.75) is 25.2 Å². The number of ketones is 2. The molecule has 2 N–H and O–H groups in total. The zero-order valence-electron chi connectivity index (χ0n) is 39.6. The van der Waals surface area contributed by atoms with Crippen molar-refractivity contribution in [2.24, 2.45) is 9.98 Å². The fraction of sp³-hybridized carbons (Fsp3) is 0.222. The van der Waals surface area contributed by atoms with E-state index in [2.05, 4.69) is 41.0 Å². The molecule has 372 valence electrons. The zero-order chi connectivity index (χ0) is 50.4. The van der Waals surface area contributed by atoms with Crippen LogP contribution >= 0.6 is 0 Å². The van der Waals surface area contributed by atoms with Gasteiger partial charge in [-0.25, -0.2) is 18.7 Å². The average molecular weight is 997 g/mol. The van der Waals surface area contributed by atoms with E-state index < -0.39 is 24.0 Å². The second-order valence-corrected chi connectivity index (χ2v) is 17.5. The maximum absolute atomic E-state index is 14.9. The number of ether oxygens (including phenoxy) is 2. The standard InChI is InChI=1S/2C27H23FN6O3/c28-21-15-19(34-10-12-36-13-11-34)16-29-24(21)26-32-33-27(37-26)31-25-22(35)14-18-8-4-5-9-20(18)23(30-25)17-6-2-1-3-7-17;28-19-15-21(34-10-12-36-13-11-34)24(29-16-19)26-32-33-27(37-26)31-25-22(35)14-18-8-4-5-9-20(18)23(30-25)17-6-2-1-3-7-17/h2*1-9,15-16,25H,10-14H2,(H,31,33). The van der Waals surface area contributed by atoms with Crippen molar-refractivity contribution >= 4 is 46.4 Å². The number of pyridine rings is 2. The van der Waals surface area contributed by atoms with Crippen molar-refractivity contribution in [3.05, 3.63) is 179 Å². The van der Waals surface area contributed by atoms with Gasteiger partial charge in [-0.05, 0) is 11.1 Å². The Labute approximate surface area is 422 Å². The molecule has 4 aromatic carbocycles. The number of aliphatic imine (C=N–C) groups is 2. The fourth-order valence-electron chi connectivity index (χ4n) is 9.01. The predicted octanol–water partition coefficient (Wildman–Crippen LogP) is 7.02. The van der Waals surface area contributed by atoms with Crippen LogP contribution in [-0.2, 0) is 31.9 Å². The van der Waals surface area contributed by atoms with E-state index in [0.29, 0.717) is 81.1 Å². The Kier molecular flexibility index (Phi) is 13.8. The van der Waals surface area contributed by atoms with Gasteiger partial charge in [-0.2, -0.15) is 0 Å². The van der Waals surface area contributed by atoms with E-state index in [0.717, 1.165) is 39.6 Å². The van der Waals surface area contributed by atoms with Crippen LogP contribution < -0.4 is 20.4 Å². The SMILES string of the molecule is O=C1Cc2ccccc2C(c2ccccc2)=NC1Nc1nnc(-c2ncc(F)cc2N2CCOCC2)o1.O=C1Cc2ccccc2C(c2ccccc2)=NC1Nc1nnc(-c2ncc(N3CCOCC3)cc2F)o1. The van der Waals surface area contributed by atoms with E-state index >= 15 is 0 Å². The van der Waals surface area contributed by atoms with Crippen LogP contribution in [-0.4, -0.2) is 118 Å². The molecule has 4 aliphatic heterocycles. The number of hydrogen-bond acceptors (Lipinski definition) is 18. The highest BCUT2D eigenvalue weighted by Gasteiger charge is 2.30. The molecule has 20 heteroatoms. The summed E-state index contributed by atoms with van der Waals surface area (Å²) < 4.78 is 51.2. The molecule has 4 aromatic heterocycles. The number of rotatable bonds is 10. The van der Waals surface area contributed by atoms with Crippen molar-refractivity contribution in [1.82, 2.24) is 30.4 Å². The van der Waals surface area contributed by atoms with Crippen molar-refractivity contribution in [3.63, 3.8) is 0 Å². The molecule has 0 spiro atoms. The van der Waals surface area contributed by atoms with Crippen LogP contribution in [0.1, 0.15) is 33.4 Å². The quantitative estimate of drug-likeness (QED) is 0.141. The van der Waals surface area contributed by atoms with Crippen molar-refractivity contribution in [2.75, 3.05) is 73.0 Å². The number of morpholine rings is 2. The van der Waals surface area contributed by atoms with Gasteiger partial charge in [-0.3, -0.25) is 19.6 Å². The van der Waals surface area contributed by atoms with Gasteiger partial charge in [0.2, 0.25) is 0 Å². The number of Topliss-reactive ketones (excluding diaryl/α,β-unsaturated/α-hetero) is 2. The Bertz CT molecular complexity index is 3380. The van der Waals surface area contributed by atoms with Gasteiger partial charge < -0.3 is 38.7 Å². The Morgan fingerprint density at radius 1 is 0.527 bits per heavy atom. The summed E-state index contributed by atoms with van der Waals surface area (Å²) in [7, 11) is 0. The highest BCUT2D eigenvalue weighted by Crippen LogP contribution is 2.32. The highest BCUT2D eigenvalue weighted by atomic mass is 19.1. The molecule has 4 aliphatic rings. The smallest absolute Gasteiger partial charge is 0.317 e. The molecule has 0 amide bonds. The monoisotopic (exact) mass is 996 g/mol. The lowest BCUT2D eigenvalue weighted by atomic mass is 9.96. The summed E-state index contributed by atoms with van der Waals surface area (Å²) in [4.78, 5) is 48.3. The molecular formula is C54H46F2N12O6. The lowest BCUT2D eigenvalue weighted by Crippen LogP contribution is -2.36. The molecule has 0 aliphatic carbocycles. The summed E-state index contributed by atoms with van der Waals surface area (Å²) in [5, 5.41) is 22.0. The van der Waals surface area contributed by atoms with E-state index in [-0.39, 0.29) is 53.9 Å². The summed E-state index contributed by atoms with van der Waals surface area (Å²) in [6.45, 7) is 4.74. The van der Waals surface area contributed by atoms with Gasteiger partial charge in [-0.1, -0.05) is 119 Å². The Balaban J connectivity index is 0.000000159. The van der Waals surface area contributed by atoms with E-state index in [1.165, 1.54) is 12.1 Å². The van der Waals surface area contributed by atoms with Gasteiger partial charge in [0, 0.05) is 73.4 Å². The summed E-state index contributed by atoms with van der Waals surface area (Å²) in [6.07, 6.45) is 1.18. The third-order valence-corrected chi connectivity index (χ3v) is 12.7. The van der Waals surface area contributed by atoms with Crippen LogP contribution in [0.15, 0.2) is 153 Å². The number of carbonyl (C=O) groups is 2. The first kappa shape index (κ1) is 47.4. The lowest BCUT2D eigenvalue weighted by Gasteiger charge is -2.29. The molecule has 18 nitrogen and oxygen atoms in total. The van der Waals surface area contributed by atoms with Crippen LogP contribution in [0.2, 0.25) is 0 Å². The molecule has 0 saturated carbocycles. The molecule has 8 aromatic rings. The third kappa shape index (κ3) is 10.4. The fourth-order valence-corrected chi connectivity index (χ4v) is 9.01. The Morgan fingerprint density at radius 3 is 1.53 bits per heavy atom. The highest BCUT2D eigenvalue weighted by molar-refractivity contribution is 6.17. The van der Waals surface area contributed by atoms with Gasteiger partial charge in [-0.15, -0.1) is 10.2 Å².